The van der Waals surface area contributed by atoms with Crippen LogP contribution >= 0.6 is 23.2 Å². The summed E-state index contributed by atoms with van der Waals surface area (Å²) < 4.78 is 5.41. The molecule has 1 saturated heterocycles. The summed E-state index contributed by atoms with van der Waals surface area (Å²) in [7, 11) is 0. The van der Waals surface area contributed by atoms with Crippen LogP contribution in [0.5, 0.6) is 0 Å². The molecule has 2 N–H and O–H groups in total. The first kappa shape index (κ1) is 16.1. The number of benzene rings is 1. The highest BCUT2D eigenvalue weighted by atomic mass is 35.5. The van der Waals surface area contributed by atoms with Gasteiger partial charge in [-0.2, -0.15) is 0 Å². The Balaban J connectivity index is 2.09. The van der Waals surface area contributed by atoms with Crippen molar-refractivity contribution in [2.24, 2.45) is 5.73 Å². The number of nitrogens with zero attached hydrogens (tertiary/aromatic N) is 1. The highest BCUT2D eigenvalue weighted by Gasteiger charge is 2.34. The van der Waals surface area contributed by atoms with Gasteiger partial charge in [-0.15, -0.1) is 0 Å². The Morgan fingerprint density at radius 3 is 2.60 bits per heavy atom. The molecule has 0 spiro atoms. The Kier molecular flexibility index (Phi) is 5.32. The number of rotatable bonds is 4. The summed E-state index contributed by atoms with van der Waals surface area (Å²) in [6.07, 6.45) is 0.712. The third-order valence-electron chi connectivity index (χ3n) is 4.18. The molecule has 5 heteroatoms. The Bertz CT molecular complexity index is 459. The maximum absolute atomic E-state index is 6.45. The van der Waals surface area contributed by atoms with E-state index in [0.717, 1.165) is 36.9 Å². The Morgan fingerprint density at radius 1 is 1.30 bits per heavy atom. The van der Waals surface area contributed by atoms with Gasteiger partial charge in [0.05, 0.1) is 13.2 Å². The molecule has 0 bridgehead atoms. The third-order valence-corrected chi connectivity index (χ3v) is 4.78. The average molecular weight is 317 g/mol. The monoisotopic (exact) mass is 316 g/mol. The SMILES string of the molecule is CC(C)(C(N)Cc1cc(Cl)ccc1Cl)N1CCOCC1. The zero-order valence-corrected chi connectivity index (χ0v) is 13.5. The third kappa shape index (κ3) is 3.66. The van der Waals surface area contributed by atoms with E-state index in [2.05, 4.69) is 18.7 Å². The highest BCUT2D eigenvalue weighted by molar-refractivity contribution is 6.33. The summed E-state index contributed by atoms with van der Waals surface area (Å²) in [6, 6.07) is 5.51. The molecule has 0 radical (unpaired) electrons. The molecule has 1 aromatic carbocycles. The lowest BCUT2D eigenvalue weighted by atomic mass is 9.88. The molecule has 3 nitrogen and oxygen atoms in total. The molecular weight excluding hydrogens is 295 g/mol. The zero-order valence-electron chi connectivity index (χ0n) is 12.0. The van der Waals surface area contributed by atoms with Crippen molar-refractivity contribution in [2.75, 3.05) is 26.3 Å². The van der Waals surface area contributed by atoms with Crippen molar-refractivity contribution in [3.05, 3.63) is 33.8 Å². The van der Waals surface area contributed by atoms with Gasteiger partial charge in [0.15, 0.2) is 0 Å². The molecule has 1 aliphatic rings. The summed E-state index contributed by atoms with van der Waals surface area (Å²) in [4.78, 5) is 2.39. The molecule has 1 atom stereocenters. The molecule has 1 aromatic rings. The lowest BCUT2D eigenvalue weighted by Crippen LogP contribution is -2.59. The van der Waals surface area contributed by atoms with E-state index in [1.165, 1.54) is 0 Å². The second-order valence-electron chi connectivity index (χ2n) is 5.80. The molecule has 0 aromatic heterocycles. The fourth-order valence-electron chi connectivity index (χ4n) is 2.56. The van der Waals surface area contributed by atoms with Crippen LogP contribution in [0.25, 0.3) is 0 Å². The number of hydrogen-bond donors (Lipinski definition) is 1. The summed E-state index contributed by atoms with van der Waals surface area (Å²) in [5, 5.41) is 1.42. The van der Waals surface area contributed by atoms with E-state index in [1.54, 1.807) is 6.07 Å². The minimum absolute atomic E-state index is 0.0171. The van der Waals surface area contributed by atoms with Gasteiger partial charge in [-0.05, 0) is 44.0 Å². The van der Waals surface area contributed by atoms with Gasteiger partial charge < -0.3 is 10.5 Å². The highest BCUT2D eigenvalue weighted by Crippen LogP contribution is 2.26. The summed E-state index contributed by atoms with van der Waals surface area (Å²) >= 11 is 12.3. The normalized spacial score (nSPS) is 19.1. The molecule has 0 amide bonds. The molecule has 1 unspecified atom stereocenters. The molecule has 1 heterocycles. The molecule has 1 aliphatic heterocycles. The Labute approximate surface area is 131 Å². The topological polar surface area (TPSA) is 38.5 Å². The quantitative estimate of drug-likeness (QED) is 0.928. The van der Waals surface area contributed by atoms with Crippen LogP contribution in [-0.2, 0) is 11.2 Å². The van der Waals surface area contributed by atoms with E-state index in [4.69, 9.17) is 33.7 Å². The van der Waals surface area contributed by atoms with Crippen LogP contribution in [0.2, 0.25) is 10.0 Å². The van der Waals surface area contributed by atoms with Crippen LogP contribution in [0.4, 0.5) is 0 Å². The predicted molar refractivity (Wildman–Crippen MR) is 84.6 cm³/mol. The van der Waals surface area contributed by atoms with Crippen molar-refractivity contribution in [3.63, 3.8) is 0 Å². The first-order valence-corrected chi connectivity index (χ1v) is 7.69. The molecule has 112 valence electrons. The van der Waals surface area contributed by atoms with E-state index in [0.29, 0.717) is 11.4 Å². The van der Waals surface area contributed by atoms with E-state index >= 15 is 0 Å². The minimum Gasteiger partial charge on any atom is -0.379 e. The summed E-state index contributed by atoms with van der Waals surface area (Å²) in [5.74, 6) is 0. The lowest BCUT2D eigenvalue weighted by Gasteiger charge is -2.44. The standard InChI is InChI=1S/C15H22Cl2N2O/c1-15(2,19-5-7-20-8-6-19)14(18)10-11-9-12(16)3-4-13(11)17/h3-4,9,14H,5-8,10,18H2,1-2H3. The van der Waals surface area contributed by atoms with E-state index in [1.807, 2.05) is 12.1 Å². The Morgan fingerprint density at radius 2 is 1.95 bits per heavy atom. The van der Waals surface area contributed by atoms with Gasteiger partial charge in [-0.3, -0.25) is 4.90 Å². The molecule has 0 aliphatic carbocycles. The maximum atomic E-state index is 6.45. The van der Waals surface area contributed by atoms with Crippen LogP contribution in [0, 0.1) is 0 Å². The van der Waals surface area contributed by atoms with Crippen LogP contribution in [0.1, 0.15) is 19.4 Å². The molecule has 2 rings (SSSR count). The van der Waals surface area contributed by atoms with Gasteiger partial charge in [-0.1, -0.05) is 23.2 Å². The second-order valence-corrected chi connectivity index (χ2v) is 6.64. The molecule has 0 saturated carbocycles. The smallest absolute Gasteiger partial charge is 0.0594 e. The molecular formula is C15H22Cl2N2O. The first-order chi connectivity index (χ1) is 9.41. The van der Waals surface area contributed by atoms with Crippen molar-refractivity contribution < 1.29 is 4.74 Å². The average Bonchev–Trinajstić information content (AvgIpc) is 2.43. The zero-order chi connectivity index (χ0) is 14.8. The van der Waals surface area contributed by atoms with Gasteiger partial charge in [0, 0.05) is 34.7 Å². The first-order valence-electron chi connectivity index (χ1n) is 6.93. The van der Waals surface area contributed by atoms with Crippen LogP contribution in [0.3, 0.4) is 0 Å². The molecule has 20 heavy (non-hydrogen) atoms. The number of morpholine rings is 1. The number of hydrogen-bond acceptors (Lipinski definition) is 3. The largest absolute Gasteiger partial charge is 0.379 e. The van der Waals surface area contributed by atoms with E-state index in [9.17, 15) is 0 Å². The van der Waals surface area contributed by atoms with Gasteiger partial charge >= 0.3 is 0 Å². The lowest BCUT2D eigenvalue weighted by molar-refractivity contribution is -0.0186. The fourth-order valence-corrected chi connectivity index (χ4v) is 2.95. The van der Waals surface area contributed by atoms with Crippen molar-refractivity contribution >= 4 is 23.2 Å². The molecule has 1 fully saturated rings. The summed E-state index contributed by atoms with van der Waals surface area (Å²) in [5.41, 5.74) is 7.35. The van der Waals surface area contributed by atoms with Crippen LogP contribution in [0.15, 0.2) is 18.2 Å². The van der Waals surface area contributed by atoms with Crippen molar-refractivity contribution in [1.29, 1.82) is 0 Å². The minimum atomic E-state index is -0.102. The number of halogens is 2. The van der Waals surface area contributed by atoms with E-state index in [-0.39, 0.29) is 11.6 Å². The van der Waals surface area contributed by atoms with Crippen LogP contribution < -0.4 is 5.73 Å². The van der Waals surface area contributed by atoms with Gasteiger partial charge in [-0.25, -0.2) is 0 Å². The van der Waals surface area contributed by atoms with Crippen molar-refractivity contribution in [2.45, 2.75) is 31.8 Å². The van der Waals surface area contributed by atoms with E-state index < -0.39 is 0 Å². The van der Waals surface area contributed by atoms with Crippen LogP contribution in [-0.4, -0.2) is 42.8 Å². The van der Waals surface area contributed by atoms with Gasteiger partial charge in [0.25, 0.3) is 0 Å². The van der Waals surface area contributed by atoms with Crippen molar-refractivity contribution in [1.82, 2.24) is 4.90 Å². The fraction of sp³-hybridized carbons (Fsp3) is 0.600. The predicted octanol–water partition coefficient (Wildman–Crippen LogP) is 2.97. The number of ether oxygens (including phenoxy) is 1. The van der Waals surface area contributed by atoms with Crippen molar-refractivity contribution in [3.8, 4) is 0 Å². The Hall–Kier alpha value is -0.320. The second kappa shape index (κ2) is 6.63. The van der Waals surface area contributed by atoms with Gasteiger partial charge in [0.2, 0.25) is 0 Å². The number of nitrogens with two attached hydrogens (primary N) is 1. The van der Waals surface area contributed by atoms with Gasteiger partial charge in [0.1, 0.15) is 0 Å². The summed E-state index contributed by atoms with van der Waals surface area (Å²) in [6.45, 7) is 7.75. The maximum Gasteiger partial charge on any atom is 0.0594 e.